The highest BCUT2D eigenvalue weighted by Gasteiger charge is 2.44. The van der Waals surface area contributed by atoms with Gasteiger partial charge in [-0.15, -0.1) is 12.4 Å². The van der Waals surface area contributed by atoms with E-state index in [1.54, 1.807) is 6.20 Å². The molecule has 0 aliphatic carbocycles. The predicted molar refractivity (Wildman–Crippen MR) is 88.1 cm³/mol. The lowest BCUT2D eigenvalue weighted by Crippen LogP contribution is -2.56. The average Bonchev–Trinajstić information content (AvgIpc) is 2.91. The van der Waals surface area contributed by atoms with Crippen LogP contribution in [-0.4, -0.2) is 58.3 Å². The van der Waals surface area contributed by atoms with E-state index in [9.17, 15) is 4.79 Å². The van der Waals surface area contributed by atoms with Crippen LogP contribution in [0.4, 0.5) is 0 Å². The van der Waals surface area contributed by atoms with Gasteiger partial charge >= 0.3 is 0 Å². The van der Waals surface area contributed by atoms with E-state index in [0.717, 1.165) is 51.2 Å². The molecule has 0 unspecified atom stereocenters. The van der Waals surface area contributed by atoms with Gasteiger partial charge in [-0.05, 0) is 44.2 Å². The SMILES string of the molecule is Cl.O=C(N1CCCSCC1)C1(n2cccn2)CCNCC1. The topological polar surface area (TPSA) is 50.2 Å². The Labute approximate surface area is 136 Å². The molecule has 1 aromatic heterocycles. The highest BCUT2D eigenvalue weighted by molar-refractivity contribution is 7.99. The molecule has 21 heavy (non-hydrogen) atoms. The molecule has 2 aliphatic heterocycles. The number of nitrogens with zero attached hydrogens (tertiary/aromatic N) is 3. The highest BCUT2D eigenvalue weighted by Crippen LogP contribution is 2.30. The minimum atomic E-state index is -0.468. The van der Waals surface area contributed by atoms with Crippen molar-refractivity contribution in [3.63, 3.8) is 0 Å². The van der Waals surface area contributed by atoms with Crippen molar-refractivity contribution in [2.75, 3.05) is 37.7 Å². The summed E-state index contributed by atoms with van der Waals surface area (Å²) in [5.74, 6) is 2.49. The monoisotopic (exact) mass is 330 g/mol. The van der Waals surface area contributed by atoms with Gasteiger partial charge in [-0.3, -0.25) is 9.48 Å². The number of rotatable bonds is 2. The van der Waals surface area contributed by atoms with Gasteiger partial charge in [0.2, 0.25) is 0 Å². The van der Waals surface area contributed by atoms with Crippen molar-refractivity contribution in [2.24, 2.45) is 0 Å². The Balaban J connectivity index is 0.00000161. The summed E-state index contributed by atoms with van der Waals surface area (Å²) >= 11 is 1.95. The van der Waals surface area contributed by atoms with Crippen LogP contribution in [0.2, 0.25) is 0 Å². The smallest absolute Gasteiger partial charge is 0.250 e. The number of amides is 1. The van der Waals surface area contributed by atoms with Gasteiger partial charge in [0.05, 0.1) is 0 Å². The van der Waals surface area contributed by atoms with E-state index in [1.165, 1.54) is 5.75 Å². The second-order valence-electron chi connectivity index (χ2n) is 5.49. The van der Waals surface area contributed by atoms with E-state index in [1.807, 2.05) is 28.7 Å². The van der Waals surface area contributed by atoms with Crippen molar-refractivity contribution in [3.05, 3.63) is 18.5 Å². The zero-order valence-corrected chi connectivity index (χ0v) is 13.8. The molecule has 1 N–H and O–H groups in total. The van der Waals surface area contributed by atoms with E-state index in [4.69, 9.17) is 0 Å². The third-order valence-corrected chi connectivity index (χ3v) is 5.33. The van der Waals surface area contributed by atoms with Crippen molar-refractivity contribution >= 4 is 30.1 Å². The molecule has 0 saturated carbocycles. The third kappa shape index (κ3) is 3.38. The van der Waals surface area contributed by atoms with E-state index in [2.05, 4.69) is 15.3 Å². The average molecular weight is 331 g/mol. The number of thioether (sulfide) groups is 1. The number of carbonyl (C=O) groups is 1. The van der Waals surface area contributed by atoms with Gasteiger partial charge in [-0.2, -0.15) is 16.9 Å². The molecule has 2 saturated heterocycles. The summed E-state index contributed by atoms with van der Waals surface area (Å²) in [7, 11) is 0. The Morgan fingerprint density at radius 2 is 2.05 bits per heavy atom. The number of halogens is 1. The van der Waals surface area contributed by atoms with Crippen LogP contribution >= 0.6 is 24.2 Å². The summed E-state index contributed by atoms with van der Waals surface area (Å²) in [4.78, 5) is 15.2. The number of hydrogen-bond donors (Lipinski definition) is 1. The van der Waals surface area contributed by atoms with E-state index in [0.29, 0.717) is 0 Å². The van der Waals surface area contributed by atoms with Gasteiger partial charge in [-0.25, -0.2) is 0 Å². The lowest BCUT2D eigenvalue weighted by molar-refractivity contribution is -0.142. The number of nitrogens with one attached hydrogen (secondary N) is 1. The molecule has 2 fully saturated rings. The number of aromatic nitrogens is 2. The molecule has 0 atom stereocenters. The molecule has 2 aliphatic rings. The largest absolute Gasteiger partial charge is 0.340 e. The zero-order chi connectivity index (χ0) is 13.8. The Morgan fingerprint density at radius 1 is 1.24 bits per heavy atom. The van der Waals surface area contributed by atoms with Crippen molar-refractivity contribution in [2.45, 2.75) is 24.8 Å². The van der Waals surface area contributed by atoms with Crippen molar-refractivity contribution in [1.29, 1.82) is 0 Å². The Hall–Kier alpha value is -0.720. The van der Waals surface area contributed by atoms with Crippen molar-refractivity contribution in [3.8, 4) is 0 Å². The van der Waals surface area contributed by atoms with Gasteiger partial charge in [-0.1, -0.05) is 0 Å². The van der Waals surface area contributed by atoms with Crippen LogP contribution in [0.15, 0.2) is 18.5 Å². The first-order chi connectivity index (χ1) is 9.83. The fraction of sp³-hybridized carbons (Fsp3) is 0.714. The van der Waals surface area contributed by atoms with Gasteiger partial charge in [0, 0.05) is 31.2 Å². The lowest BCUT2D eigenvalue weighted by atomic mass is 9.86. The first-order valence-corrected chi connectivity index (χ1v) is 8.56. The molecule has 118 valence electrons. The minimum absolute atomic E-state index is 0. The van der Waals surface area contributed by atoms with E-state index >= 15 is 0 Å². The normalized spacial score (nSPS) is 22.2. The molecule has 7 heteroatoms. The standard InChI is InChI=1S/C14H22N4OS.ClH/c19-13(17-8-2-11-20-12-10-17)14(3-6-15-7-4-14)18-9-1-5-16-18;/h1,5,9,15H,2-4,6-8,10-12H2;1H. The quantitative estimate of drug-likeness (QED) is 0.889. The van der Waals surface area contributed by atoms with Gasteiger partial charge in [0.1, 0.15) is 5.54 Å². The van der Waals surface area contributed by atoms with Crippen LogP contribution < -0.4 is 5.32 Å². The molecule has 3 rings (SSSR count). The summed E-state index contributed by atoms with van der Waals surface area (Å²) in [5.41, 5.74) is -0.468. The summed E-state index contributed by atoms with van der Waals surface area (Å²) in [6.45, 7) is 3.53. The maximum atomic E-state index is 13.2. The molecule has 0 aromatic carbocycles. The molecule has 1 amide bonds. The second-order valence-corrected chi connectivity index (χ2v) is 6.72. The Kier molecular flexibility index (Phi) is 5.96. The molecule has 0 bridgehead atoms. The minimum Gasteiger partial charge on any atom is -0.340 e. The van der Waals surface area contributed by atoms with Gasteiger partial charge in [0.15, 0.2) is 0 Å². The van der Waals surface area contributed by atoms with Crippen molar-refractivity contribution < 1.29 is 4.79 Å². The van der Waals surface area contributed by atoms with Crippen LogP contribution in [0.5, 0.6) is 0 Å². The number of hydrogen-bond acceptors (Lipinski definition) is 4. The summed E-state index contributed by atoms with van der Waals surface area (Å²) < 4.78 is 1.90. The molecule has 3 heterocycles. The maximum Gasteiger partial charge on any atom is 0.250 e. The fourth-order valence-electron chi connectivity index (χ4n) is 3.15. The molecular formula is C14H23ClN4OS. The maximum absolute atomic E-state index is 13.2. The number of carbonyl (C=O) groups excluding carboxylic acids is 1. The molecular weight excluding hydrogens is 308 g/mol. The van der Waals surface area contributed by atoms with Gasteiger partial charge in [0.25, 0.3) is 5.91 Å². The highest BCUT2D eigenvalue weighted by atomic mass is 35.5. The summed E-state index contributed by atoms with van der Waals surface area (Å²) in [6, 6.07) is 1.91. The van der Waals surface area contributed by atoms with Crippen LogP contribution in [0, 0.1) is 0 Å². The zero-order valence-electron chi connectivity index (χ0n) is 12.2. The Morgan fingerprint density at radius 3 is 2.76 bits per heavy atom. The molecule has 0 spiro atoms. The lowest BCUT2D eigenvalue weighted by Gasteiger charge is -2.40. The van der Waals surface area contributed by atoms with Crippen LogP contribution in [0.3, 0.4) is 0 Å². The Bertz CT molecular complexity index is 440. The first-order valence-electron chi connectivity index (χ1n) is 7.41. The third-order valence-electron chi connectivity index (χ3n) is 4.28. The summed E-state index contributed by atoms with van der Waals surface area (Å²) in [5, 5.41) is 7.74. The van der Waals surface area contributed by atoms with Crippen LogP contribution in [0.25, 0.3) is 0 Å². The second kappa shape index (κ2) is 7.51. The van der Waals surface area contributed by atoms with E-state index in [-0.39, 0.29) is 18.3 Å². The molecule has 1 aromatic rings. The van der Waals surface area contributed by atoms with E-state index < -0.39 is 5.54 Å². The fourth-order valence-corrected chi connectivity index (χ4v) is 4.03. The number of piperidine rings is 1. The first kappa shape index (κ1) is 16.6. The predicted octanol–water partition coefficient (Wildman–Crippen LogP) is 1.35. The molecule has 5 nitrogen and oxygen atoms in total. The van der Waals surface area contributed by atoms with Crippen LogP contribution in [0.1, 0.15) is 19.3 Å². The molecule has 0 radical (unpaired) electrons. The van der Waals surface area contributed by atoms with Crippen LogP contribution in [-0.2, 0) is 10.3 Å². The summed E-state index contributed by atoms with van der Waals surface area (Å²) in [6.07, 6.45) is 6.48. The van der Waals surface area contributed by atoms with Crippen molar-refractivity contribution in [1.82, 2.24) is 20.0 Å². The van der Waals surface area contributed by atoms with Gasteiger partial charge < -0.3 is 10.2 Å².